The summed E-state index contributed by atoms with van der Waals surface area (Å²) in [5.41, 5.74) is 0.684. The highest BCUT2D eigenvalue weighted by Gasteiger charge is 2.31. The van der Waals surface area contributed by atoms with Crippen molar-refractivity contribution >= 4 is 23.2 Å². The van der Waals surface area contributed by atoms with Crippen molar-refractivity contribution in [3.8, 4) is 22.9 Å². The number of rotatable bonds is 11. The first-order chi connectivity index (χ1) is 17.5. The van der Waals surface area contributed by atoms with E-state index in [0.29, 0.717) is 35.9 Å². The van der Waals surface area contributed by atoms with Crippen molar-refractivity contribution in [1.82, 2.24) is 30.4 Å². The van der Waals surface area contributed by atoms with E-state index in [9.17, 15) is 9.59 Å². The normalized spacial score (nSPS) is 14.4. The number of hydrogen-bond acceptors (Lipinski definition) is 8. The number of aromatic nitrogens is 4. The van der Waals surface area contributed by atoms with Gasteiger partial charge in [0.1, 0.15) is 12.6 Å². The highest BCUT2D eigenvalue weighted by Crippen LogP contribution is 2.30. The Morgan fingerprint density at radius 2 is 1.97 bits per heavy atom. The third-order valence-corrected chi connectivity index (χ3v) is 7.23. The van der Waals surface area contributed by atoms with E-state index in [0.717, 1.165) is 30.6 Å². The number of hydrogen-bond donors (Lipinski definition) is 1. The van der Waals surface area contributed by atoms with Crippen LogP contribution in [0, 0.1) is 0 Å². The van der Waals surface area contributed by atoms with Gasteiger partial charge in [-0.1, -0.05) is 25.8 Å². The summed E-state index contributed by atoms with van der Waals surface area (Å²) in [6, 6.07) is 8.84. The van der Waals surface area contributed by atoms with Crippen LogP contribution in [0.3, 0.4) is 0 Å². The van der Waals surface area contributed by atoms with Gasteiger partial charge in [0.05, 0.1) is 20.8 Å². The summed E-state index contributed by atoms with van der Waals surface area (Å²) in [7, 11) is 3.12. The molecule has 10 nitrogen and oxygen atoms in total. The topological polar surface area (TPSA) is 111 Å². The monoisotopic (exact) mass is 512 g/mol. The largest absolute Gasteiger partial charge is 0.493 e. The third-order valence-electron chi connectivity index (χ3n) is 6.37. The SMILES string of the molecule is CC[C@@H](C(=O)NC1CCCC1)N(Cc1cccs1)C(=O)Cn1nnc(-c2ccc(OC)c(OC)c2)n1. The predicted molar refractivity (Wildman–Crippen MR) is 136 cm³/mol. The van der Waals surface area contributed by atoms with Crippen LogP contribution in [0.1, 0.15) is 43.9 Å². The third kappa shape index (κ3) is 6.01. The number of benzene rings is 1. The molecular formula is C25H32N6O4S. The molecule has 1 saturated carbocycles. The van der Waals surface area contributed by atoms with E-state index < -0.39 is 6.04 Å². The first-order valence-corrected chi connectivity index (χ1v) is 13.0. The zero-order valence-electron chi connectivity index (χ0n) is 20.8. The second-order valence-corrected chi connectivity index (χ2v) is 9.76. The van der Waals surface area contributed by atoms with Gasteiger partial charge in [0.25, 0.3) is 0 Å². The Bertz CT molecular complexity index is 1160. The highest BCUT2D eigenvalue weighted by molar-refractivity contribution is 7.09. The maximum Gasteiger partial charge on any atom is 0.247 e. The average Bonchev–Trinajstić information content (AvgIpc) is 3.67. The minimum atomic E-state index is -0.575. The number of carbonyl (C=O) groups is 2. The minimum absolute atomic E-state index is 0.105. The van der Waals surface area contributed by atoms with Crippen LogP contribution in [0.5, 0.6) is 11.5 Å². The van der Waals surface area contributed by atoms with Crippen molar-refractivity contribution in [2.24, 2.45) is 0 Å². The number of nitrogens with zero attached hydrogens (tertiary/aromatic N) is 5. The zero-order valence-corrected chi connectivity index (χ0v) is 21.7. The van der Waals surface area contributed by atoms with E-state index in [-0.39, 0.29) is 24.4 Å². The number of tetrazole rings is 1. The molecule has 0 saturated heterocycles. The molecule has 1 aliphatic carbocycles. The van der Waals surface area contributed by atoms with Crippen LogP contribution in [0.25, 0.3) is 11.4 Å². The molecule has 2 amide bonds. The molecule has 1 aliphatic rings. The molecule has 0 bridgehead atoms. The van der Waals surface area contributed by atoms with Crippen molar-refractivity contribution in [2.45, 2.75) is 64.2 Å². The second kappa shape index (κ2) is 12.0. The minimum Gasteiger partial charge on any atom is -0.493 e. The molecule has 0 radical (unpaired) electrons. The molecule has 0 spiro atoms. The van der Waals surface area contributed by atoms with Gasteiger partial charge < -0.3 is 19.7 Å². The molecule has 1 atom stereocenters. The summed E-state index contributed by atoms with van der Waals surface area (Å²) in [4.78, 5) is 30.6. The Hall–Kier alpha value is -3.47. The molecule has 11 heteroatoms. The molecule has 4 rings (SSSR count). The van der Waals surface area contributed by atoms with Gasteiger partial charge >= 0.3 is 0 Å². The van der Waals surface area contributed by atoms with Crippen molar-refractivity contribution in [1.29, 1.82) is 0 Å². The van der Waals surface area contributed by atoms with Gasteiger partial charge in [-0.05, 0) is 54.1 Å². The quantitative estimate of drug-likeness (QED) is 0.420. The molecule has 2 heterocycles. The Labute approximate surface area is 214 Å². The van der Waals surface area contributed by atoms with E-state index >= 15 is 0 Å². The fraction of sp³-hybridized carbons (Fsp3) is 0.480. The molecule has 0 unspecified atom stereocenters. The first-order valence-electron chi connectivity index (χ1n) is 12.1. The lowest BCUT2D eigenvalue weighted by atomic mass is 10.1. The maximum atomic E-state index is 13.5. The molecule has 2 aromatic heterocycles. The van der Waals surface area contributed by atoms with Crippen LogP contribution in [-0.4, -0.2) is 63.2 Å². The molecular weight excluding hydrogens is 480 g/mol. The second-order valence-electron chi connectivity index (χ2n) is 8.73. The maximum absolute atomic E-state index is 13.5. The lowest BCUT2D eigenvalue weighted by Gasteiger charge is -2.30. The zero-order chi connectivity index (χ0) is 25.5. The Morgan fingerprint density at radius 1 is 1.19 bits per heavy atom. The van der Waals surface area contributed by atoms with Gasteiger partial charge in [0.15, 0.2) is 11.5 Å². The molecule has 1 fully saturated rings. The predicted octanol–water partition coefficient (Wildman–Crippen LogP) is 3.29. The molecule has 0 aliphatic heterocycles. The van der Waals surface area contributed by atoms with Gasteiger partial charge in [0, 0.05) is 16.5 Å². The average molecular weight is 513 g/mol. The fourth-order valence-corrected chi connectivity index (χ4v) is 5.17. The number of methoxy groups -OCH3 is 2. The first kappa shape index (κ1) is 25.6. The van der Waals surface area contributed by atoms with Crippen molar-refractivity contribution < 1.29 is 19.1 Å². The van der Waals surface area contributed by atoms with Crippen LogP contribution in [0.4, 0.5) is 0 Å². The van der Waals surface area contributed by atoms with E-state index in [2.05, 4.69) is 20.7 Å². The Kier molecular flexibility index (Phi) is 8.52. The molecule has 36 heavy (non-hydrogen) atoms. The number of amides is 2. The van der Waals surface area contributed by atoms with Crippen LogP contribution in [0.15, 0.2) is 35.7 Å². The lowest BCUT2D eigenvalue weighted by Crippen LogP contribution is -2.51. The molecule has 1 aromatic carbocycles. The summed E-state index contributed by atoms with van der Waals surface area (Å²) >= 11 is 1.56. The Balaban J connectivity index is 1.51. The Morgan fingerprint density at radius 3 is 2.64 bits per heavy atom. The van der Waals surface area contributed by atoms with E-state index in [4.69, 9.17) is 9.47 Å². The lowest BCUT2D eigenvalue weighted by molar-refractivity contribution is -0.142. The van der Waals surface area contributed by atoms with Crippen molar-refractivity contribution in [3.05, 3.63) is 40.6 Å². The van der Waals surface area contributed by atoms with Gasteiger partial charge in [0.2, 0.25) is 17.6 Å². The summed E-state index contributed by atoms with van der Waals surface area (Å²) in [5, 5.41) is 17.7. The van der Waals surface area contributed by atoms with Crippen LogP contribution in [0.2, 0.25) is 0 Å². The van der Waals surface area contributed by atoms with Crippen LogP contribution >= 0.6 is 11.3 Å². The van der Waals surface area contributed by atoms with E-state index in [1.807, 2.05) is 24.4 Å². The number of thiophene rings is 1. The van der Waals surface area contributed by atoms with Gasteiger partial charge in [-0.3, -0.25) is 9.59 Å². The molecule has 3 aromatic rings. The number of ether oxygens (including phenoxy) is 2. The van der Waals surface area contributed by atoms with Crippen molar-refractivity contribution in [3.63, 3.8) is 0 Å². The highest BCUT2D eigenvalue weighted by atomic mass is 32.1. The summed E-state index contributed by atoms with van der Waals surface area (Å²) in [6.45, 7) is 2.15. The summed E-state index contributed by atoms with van der Waals surface area (Å²) in [5.74, 6) is 1.15. The fourth-order valence-electron chi connectivity index (χ4n) is 4.47. The summed E-state index contributed by atoms with van der Waals surface area (Å²) < 4.78 is 10.6. The van der Waals surface area contributed by atoms with Crippen LogP contribution in [-0.2, 0) is 22.7 Å². The molecule has 192 valence electrons. The number of nitrogens with one attached hydrogen (secondary N) is 1. The smallest absolute Gasteiger partial charge is 0.247 e. The van der Waals surface area contributed by atoms with E-state index in [1.54, 1.807) is 48.7 Å². The van der Waals surface area contributed by atoms with Crippen molar-refractivity contribution in [2.75, 3.05) is 14.2 Å². The number of carbonyl (C=O) groups excluding carboxylic acids is 2. The van der Waals surface area contributed by atoms with E-state index in [1.165, 1.54) is 4.80 Å². The van der Waals surface area contributed by atoms with Gasteiger partial charge in [-0.25, -0.2) is 0 Å². The van der Waals surface area contributed by atoms with Gasteiger partial charge in [-0.2, -0.15) is 4.80 Å². The van der Waals surface area contributed by atoms with Gasteiger partial charge in [-0.15, -0.1) is 21.5 Å². The standard InChI is InChI=1S/C25H32N6O4S/c1-4-20(25(33)26-18-8-5-6-9-18)30(15-19-10-7-13-36-19)23(32)16-31-28-24(27-29-31)17-11-12-21(34-2)22(14-17)35-3/h7,10-14,18,20H,4-6,8-9,15-16H2,1-3H3,(H,26,33)/t20-/m0/s1. The summed E-state index contributed by atoms with van der Waals surface area (Å²) in [6.07, 6.45) is 4.74. The van der Waals surface area contributed by atoms with Crippen LogP contribution < -0.4 is 14.8 Å². The molecule has 1 N–H and O–H groups in total.